The van der Waals surface area contributed by atoms with Gasteiger partial charge in [-0.25, -0.2) is 17.5 Å². The van der Waals surface area contributed by atoms with Gasteiger partial charge in [-0.15, -0.1) is 0 Å². The molecule has 2 amide bonds. The Labute approximate surface area is 197 Å². The number of nitrogens with zero attached hydrogens (tertiary/aromatic N) is 1. The molecule has 0 saturated carbocycles. The molecule has 0 unspecified atom stereocenters. The predicted molar refractivity (Wildman–Crippen MR) is 120 cm³/mol. The SMILES string of the molecule is O=C(CN(Cc1ccc(F)cc1)C(=O)CNS(=O)(=O)c1ccc(Cl)cc1)NC[C@H]1CCCO1. The minimum absolute atomic E-state index is 0.00906. The first-order valence-electron chi connectivity index (χ1n) is 10.4. The first-order chi connectivity index (χ1) is 15.7. The van der Waals surface area contributed by atoms with Gasteiger partial charge in [-0.2, -0.15) is 0 Å². The Kier molecular flexibility index (Phi) is 8.79. The van der Waals surface area contributed by atoms with Crippen molar-refractivity contribution < 1.29 is 27.1 Å². The number of amides is 2. The standard InChI is InChI=1S/C22H25ClFN3O5S/c23-17-5-9-20(10-6-17)33(30,31)26-13-22(29)27(14-16-3-7-18(24)8-4-16)15-21(28)25-12-19-2-1-11-32-19/h3-10,19,26H,1-2,11-15H2,(H,25,28)/t19-/m1/s1. The summed E-state index contributed by atoms with van der Waals surface area (Å²) in [4.78, 5) is 26.5. The summed E-state index contributed by atoms with van der Waals surface area (Å²) in [7, 11) is -3.96. The Bertz CT molecular complexity index is 1060. The van der Waals surface area contributed by atoms with Crippen molar-refractivity contribution >= 4 is 33.4 Å². The second-order valence-corrected chi connectivity index (χ2v) is 9.80. The van der Waals surface area contributed by atoms with Crippen molar-refractivity contribution in [3.05, 3.63) is 64.9 Å². The summed E-state index contributed by atoms with van der Waals surface area (Å²) in [5.74, 6) is -1.44. The number of hydrogen-bond donors (Lipinski definition) is 2. The molecule has 1 aliphatic heterocycles. The van der Waals surface area contributed by atoms with Crippen LogP contribution in [0.4, 0.5) is 4.39 Å². The molecule has 1 saturated heterocycles. The van der Waals surface area contributed by atoms with Crippen LogP contribution < -0.4 is 10.0 Å². The molecule has 0 radical (unpaired) electrons. The van der Waals surface area contributed by atoms with E-state index in [1.807, 2.05) is 0 Å². The molecule has 1 aliphatic rings. The monoisotopic (exact) mass is 497 g/mol. The van der Waals surface area contributed by atoms with E-state index in [9.17, 15) is 22.4 Å². The highest BCUT2D eigenvalue weighted by atomic mass is 35.5. The molecule has 0 aliphatic carbocycles. The quantitative estimate of drug-likeness (QED) is 0.523. The molecule has 1 fully saturated rings. The lowest BCUT2D eigenvalue weighted by molar-refractivity contribution is -0.135. The fourth-order valence-corrected chi connectivity index (χ4v) is 4.37. The van der Waals surface area contributed by atoms with E-state index in [0.717, 1.165) is 12.8 Å². The van der Waals surface area contributed by atoms with Gasteiger partial charge >= 0.3 is 0 Å². The number of benzene rings is 2. The van der Waals surface area contributed by atoms with Crippen molar-refractivity contribution in [3.8, 4) is 0 Å². The summed E-state index contributed by atoms with van der Waals surface area (Å²) in [6, 6.07) is 11.0. The van der Waals surface area contributed by atoms with E-state index in [0.29, 0.717) is 23.7 Å². The fourth-order valence-electron chi connectivity index (χ4n) is 3.27. The number of nitrogens with one attached hydrogen (secondary N) is 2. The Hall–Kier alpha value is -2.53. The molecule has 1 atom stereocenters. The lowest BCUT2D eigenvalue weighted by Crippen LogP contribution is -2.45. The maximum Gasteiger partial charge on any atom is 0.241 e. The van der Waals surface area contributed by atoms with Crippen molar-refractivity contribution in [2.75, 3.05) is 26.2 Å². The van der Waals surface area contributed by atoms with E-state index in [-0.39, 0.29) is 24.1 Å². The van der Waals surface area contributed by atoms with Crippen LogP contribution >= 0.6 is 11.6 Å². The molecular formula is C22H25ClFN3O5S. The van der Waals surface area contributed by atoms with Crippen molar-refractivity contribution in [3.63, 3.8) is 0 Å². The second-order valence-electron chi connectivity index (χ2n) is 7.59. The van der Waals surface area contributed by atoms with Crippen LogP contribution in [0.1, 0.15) is 18.4 Å². The van der Waals surface area contributed by atoms with Gasteiger partial charge in [0.1, 0.15) is 5.82 Å². The highest BCUT2D eigenvalue weighted by molar-refractivity contribution is 7.89. The van der Waals surface area contributed by atoms with Crippen LogP contribution in [-0.4, -0.2) is 57.5 Å². The summed E-state index contributed by atoms with van der Waals surface area (Å²) in [5.41, 5.74) is 0.595. The predicted octanol–water partition coefficient (Wildman–Crippen LogP) is 2.08. The molecule has 33 heavy (non-hydrogen) atoms. The van der Waals surface area contributed by atoms with Crippen LogP contribution in [0.5, 0.6) is 0 Å². The van der Waals surface area contributed by atoms with Gasteiger partial charge < -0.3 is 15.0 Å². The first kappa shape index (κ1) is 25.1. The van der Waals surface area contributed by atoms with Gasteiger partial charge in [-0.3, -0.25) is 9.59 Å². The topological polar surface area (TPSA) is 105 Å². The number of rotatable bonds is 10. The third-order valence-electron chi connectivity index (χ3n) is 5.06. The molecule has 0 spiro atoms. The van der Waals surface area contributed by atoms with Gasteiger partial charge in [0.15, 0.2) is 0 Å². The molecule has 2 aromatic rings. The largest absolute Gasteiger partial charge is 0.376 e. The molecule has 2 N–H and O–H groups in total. The van der Waals surface area contributed by atoms with E-state index in [2.05, 4.69) is 10.0 Å². The van der Waals surface area contributed by atoms with Gasteiger partial charge in [0.25, 0.3) is 0 Å². The maximum atomic E-state index is 13.2. The zero-order chi connectivity index (χ0) is 23.8. The van der Waals surface area contributed by atoms with Crippen molar-refractivity contribution in [2.45, 2.75) is 30.4 Å². The van der Waals surface area contributed by atoms with E-state index in [1.165, 1.54) is 53.4 Å². The zero-order valence-corrected chi connectivity index (χ0v) is 19.4. The molecule has 8 nitrogen and oxygen atoms in total. The van der Waals surface area contributed by atoms with Crippen LogP contribution in [-0.2, 0) is 30.9 Å². The van der Waals surface area contributed by atoms with E-state index < -0.39 is 34.2 Å². The van der Waals surface area contributed by atoms with E-state index >= 15 is 0 Å². The van der Waals surface area contributed by atoms with Crippen molar-refractivity contribution in [2.24, 2.45) is 0 Å². The first-order valence-corrected chi connectivity index (χ1v) is 12.2. The van der Waals surface area contributed by atoms with Gasteiger partial charge in [0, 0.05) is 24.7 Å². The number of sulfonamides is 1. The van der Waals surface area contributed by atoms with Gasteiger partial charge in [-0.05, 0) is 54.8 Å². The summed E-state index contributed by atoms with van der Waals surface area (Å²) in [5, 5.41) is 3.12. The van der Waals surface area contributed by atoms with Crippen LogP contribution in [0.15, 0.2) is 53.4 Å². The number of carbonyl (C=O) groups is 2. The lowest BCUT2D eigenvalue weighted by atomic mass is 10.2. The van der Waals surface area contributed by atoms with Crippen LogP contribution in [0, 0.1) is 5.82 Å². The van der Waals surface area contributed by atoms with Gasteiger partial charge in [0.2, 0.25) is 21.8 Å². The van der Waals surface area contributed by atoms with Crippen LogP contribution in [0.3, 0.4) is 0 Å². The summed E-state index contributed by atoms with van der Waals surface area (Å²) >= 11 is 5.79. The third kappa shape index (κ3) is 7.78. The molecule has 3 rings (SSSR count). The van der Waals surface area contributed by atoms with Crippen molar-refractivity contribution in [1.82, 2.24) is 14.9 Å². The van der Waals surface area contributed by atoms with Crippen molar-refractivity contribution in [1.29, 1.82) is 0 Å². The average molecular weight is 498 g/mol. The summed E-state index contributed by atoms with van der Waals surface area (Å²) in [6.07, 6.45) is 1.73. The molecule has 1 heterocycles. The van der Waals surface area contributed by atoms with E-state index in [4.69, 9.17) is 16.3 Å². The normalized spacial score (nSPS) is 15.9. The molecule has 0 bridgehead atoms. The van der Waals surface area contributed by atoms with E-state index in [1.54, 1.807) is 0 Å². The maximum absolute atomic E-state index is 13.2. The molecule has 0 aromatic heterocycles. The smallest absolute Gasteiger partial charge is 0.241 e. The molecule has 178 valence electrons. The highest BCUT2D eigenvalue weighted by Crippen LogP contribution is 2.14. The highest BCUT2D eigenvalue weighted by Gasteiger charge is 2.22. The Morgan fingerprint density at radius 3 is 2.45 bits per heavy atom. The fraction of sp³-hybridized carbons (Fsp3) is 0.364. The molecule has 11 heteroatoms. The van der Waals surface area contributed by atoms with Crippen LogP contribution in [0.25, 0.3) is 0 Å². The van der Waals surface area contributed by atoms with Gasteiger partial charge in [-0.1, -0.05) is 23.7 Å². The molecule has 2 aromatic carbocycles. The number of ether oxygens (including phenoxy) is 1. The number of hydrogen-bond acceptors (Lipinski definition) is 5. The minimum Gasteiger partial charge on any atom is -0.376 e. The number of halogens is 2. The van der Waals surface area contributed by atoms with Gasteiger partial charge in [0.05, 0.1) is 24.1 Å². The second kappa shape index (κ2) is 11.6. The third-order valence-corrected chi connectivity index (χ3v) is 6.73. The Balaban J connectivity index is 1.64. The minimum atomic E-state index is -3.96. The Morgan fingerprint density at radius 1 is 1.12 bits per heavy atom. The number of carbonyl (C=O) groups excluding carboxylic acids is 2. The summed E-state index contributed by atoms with van der Waals surface area (Å²) < 4.78 is 45.9. The Morgan fingerprint density at radius 2 is 1.82 bits per heavy atom. The summed E-state index contributed by atoms with van der Waals surface area (Å²) in [6.45, 7) is 0.163. The van der Waals surface area contributed by atoms with Crippen LogP contribution in [0.2, 0.25) is 5.02 Å². The average Bonchev–Trinajstić information content (AvgIpc) is 3.31. The molecular weight excluding hydrogens is 473 g/mol. The zero-order valence-electron chi connectivity index (χ0n) is 17.8. The lowest BCUT2D eigenvalue weighted by Gasteiger charge is -2.23.